The number of unbranched alkanes of at least 4 members (excludes halogenated alkanes) is 22. The first-order valence-electron chi connectivity index (χ1n) is 32.5. The average molecular weight is 1140 g/mol. The van der Waals surface area contributed by atoms with Gasteiger partial charge in [0.05, 0.1) is 25.4 Å². The molecule has 1 saturated heterocycles. The smallest absolute Gasteiger partial charge is 0.306 e. The van der Waals surface area contributed by atoms with Gasteiger partial charge < -0.3 is 45.1 Å². The first-order chi connectivity index (χ1) is 40.2. The van der Waals surface area contributed by atoms with E-state index in [2.05, 4.69) is 111 Å². The highest BCUT2D eigenvalue weighted by atomic mass is 16.7. The zero-order valence-corrected chi connectivity index (χ0v) is 51.6. The monoisotopic (exact) mass is 1140 g/mol. The lowest BCUT2D eigenvalue weighted by Gasteiger charge is -2.41. The van der Waals surface area contributed by atoms with Crippen molar-refractivity contribution in [3.05, 3.63) is 134 Å². The summed E-state index contributed by atoms with van der Waals surface area (Å²) in [4.78, 5) is 26.6. The van der Waals surface area contributed by atoms with Crippen LogP contribution in [0.5, 0.6) is 0 Å². The Morgan fingerprint density at radius 3 is 1.46 bits per heavy atom. The van der Waals surface area contributed by atoms with E-state index in [1.807, 2.05) is 42.5 Å². The van der Waals surface area contributed by atoms with Crippen molar-refractivity contribution in [1.29, 1.82) is 0 Å². The SMILES string of the molecule is CC/C=C\C/C=C\C/C=C\C/C=C\C/C=C\C/C=C\CCCCCCCCCCC(=O)OC1C(OCC(NC(=O)C(O)CCCCCC\C=C/C=C/C=C/C=C/CC)C(O)/C=C/CCCCCCCCCCCC)OC(CO)C(O)C1O. The molecule has 1 amide bonds. The summed E-state index contributed by atoms with van der Waals surface area (Å²) >= 11 is 0. The van der Waals surface area contributed by atoms with Gasteiger partial charge in [0.25, 0.3) is 0 Å². The zero-order chi connectivity index (χ0) is 59.6. The van der Waals surface area contributed by atoms with Gasteiger partial charge in [-0.1, -0.05) is 270 Å². The lowest BCUT2D eigenvalue weighted by atomic mass is 9.99. The number of amides is 1. The normalized spacial score (nSPS) is 19.5. The van der Waals surface area contributed by atoms with Crippen molar-refractivity contribution in [3.63, 3.8) is 0 Å². The number of allylic oxidation sites excluding steroid dienone is 21. The number of carbonyl (C=O) groups is 2. The molecule has 0 saturated carbocycles. The van der Waals surface area contributed by atoms with Crippen molar-refractivity contribution in [2.45, 2.75) is 288 Å². The first kappa shape index (κ1) is 75.8. The highest BCUT2D eigenvalue weighted by Crippen LogP contribution is 2.26. The third-order valence-corrected chi connectivity index (χ3v) is 14.4. The van der Waals surface area contributed by atoms with Crippen molar-refractivity contribution in [1.82, 2.24) is 5.32 Å². The van der Waals surface area contributed by atoms with Crippen molar-refractivity contribution in [2.75, 3.05) is 13.2 Å². The summed E-state index contributed by atoms with van der Waals surface area (Å²) in [6.07, 6.45) is 70.6. The van der Waals surface area contributed by atoms with Crippen LogP contribution in [0.15, 0.2) is 134 Å². The van der Waals surface area contributed by atoms with E-state index in [-0.39, 0.29) is 19.4 Å². The number of aliphatic hydroxyl groups is 5. The molecule has 6 N–H and O–H groups in total. The van der Waals surface area contributed by atoms with Crippen molar-refractivity contribution >= 4 is 11.9 Å². The minimum Gasteiger partial charge on any atom is -0.454 e. The Labute approximate surface area is 499 Å². The molecule has 1 aliphatic heterocycles. The number of hydrogen-bond donors (Lipinski definition) is 6. The predicted octanol–water partition coefficient (Wildman–Crippen LogP) is 16.0. The highest BCUT2D eigenvalue weighted by Gasteiger charge is 2.47. The zero-order valence-electron chi connectivity index (χ0n) is 51.6. The second-order valence-electron chi connectivity index (χ2n) is 21.8. The molecular formula is C71H117NO10. The van der Waals surface area contributed by atoms with E-state index in [1.165, 1.54) is 64.2 Å². The Bertz CT molecular complexity index is 1840. The molecule has 0 aromatic heterocycles. The van der Waals surface area contributed by atoms with E-state index >= 15 is 0 Å². The summed E-state index contributed by atoms with van der Waals surface area (Å²) in [5.74, 6) is -1.24. The number of carbonyl (C=O) groups excluding carboxylic acids is 2. The number of rotatable bonds is 53. The van der Waals surface area contributed by atoms with Gasteiger partial charge in [0.2, 0.25) is 5.91 Å². The molecule has 0 aromatic rings. The van der Waals surface area contributed by atoms with Crippen LogP contribution in [0, 0.1) is 0 Å². The predicted molar refractivity (Wildman–Crippen MR) is 342 cm³/mol. The summed E-state index contributed by atoms with van der Waals surface area (Å²) in [7, 11) is 0. The molecule has 0 radical (unpaired) electrons. The summed E-state index contributed by atoms with van der Waals surface area (Å²) in [5.41, 5.74) is 0. The maximum atomic E-state index is 13.4. The summed E-state index contributed by atoms with van der Waals surface area (Å²) < 4.78 is 17.6. The maximum Gasteiger partial charge on any atom is 0.306 e. The van der Waals surface area contributed by atoms with Crippen LogP contribution in [-0.2, 0) is 23.8 Å². The number of nitrogens with one attached hydrogen (secondary N) is 1. The van der Waals surface area contributed by atoms with Gasteiger partial charge in [-0.15, -0.1) is 0 Å². The van der Waals surface area contributed by atoms with Gasteiger partial charge in [-0.3, -0.25) is 9.59 Å². The van der Waals surface area contributed by atoms with Gasteiger partial charge in [0.1, 0.15) is 24.4 Å². The molecule has 466 valence electrons. The van der Waals surface area contributed by atoms with Gasteiger partial charge in [0.15, 0.2) is 12.4 Å². The lowest BCUT2D eigenvalue weighted by molar-refractivity contribution is -0.305. The van der Waals surface area contributed by atoms with Crippen LogP contribution in [-0.4, -0.2) is 99.6 Å². The van der Waals surface area contributed by atoms with Crippen LogP contribution in [0.3, 0.4) is 0 Å². The Morgan fingerprint density at radius 1 is 0.500 bits per heavy atom. The van der Waals surface area contributed by atoms with Crippen LogP contribution in [0.1, 0.15) is 239 Å². The van der Waals surface area contributed by atoms with E-state index in [4.69, 9.17) is 14.2 Å². The van der Waals surface area contributed by atoms with E-state index in [1.54, 1.807) is 6.08 Å². The second kappa shape index (κ2) is 57.2. The fourth-order valence-electron chi connectivity index (χ4n) is 9.31. The number of hydrogen-bond acceptors (Lipinski definition) is 10. The first-order valence-corrected chi connectivity index (χ1v) is 32.5. The van der Waals surface area contributed by atoms with Crippen LogP contribution < -0.4 is 5.32 Å². The minimum absolute atomic E-state index is 0.102. The lowest BCUT2D eigenvalue weighted by Crippen LogP contribution is -2.61. The largest absolute Gasteiger partial charge is 0.454 e. The van der Waals surface area contributed by atoms with Crippen LogP contribution in [0.2, 0.25) is 0 Å². The molecule has 11 heteroatoms. The summed E-state index contributed by atoms with van der Waals surface area (Å²) in [5, 5.41) is 57.0. The topological polar surface area (TPSA) is 175 Å². The Kier molecular flexibility index (Phi) is 52.9. The van der Waals surface area contributed by atoms with Crippen molar-refractivity contribution < 1.29 is 49.3 Å². The van der Waals surface area contributed by atoms with Crippen LogP contribution in [0.25, 0.3) is 0 Å². The molecule has 1 fully saturated rings. The van der Waals surface area contributed by atoms with E-state index < -0.39 is 67.4 Å². The van der Waals surface area contributed by atoms with Crippen molar-refractivity contribution in [2.24, 2.45) is 0 Å². The molecule has 1 aliphatic rings. The standard InChI is InChI=1S/C71H117NO10/c1-4-7-10-13-16-19-22-25-27-28-29-30-31-32-33-34-35-36-37-38-39-41-44-47-50-53-56-59-66(76)82-69-68(78)67(77)65(60-73)81-71(69)80-61-62(63(74)57-54-51-48-45-42-24-21-18-15-12-9-6-3)72-70(79)64(75)58-55-52-49-46-43-40-26-23-20-17-14-11-8-5-2/h7-8,10-11,14,16-17,19-20,23,25-27,29-30,32-33,35-36,40,54,57,62-65,67-69,71,73-75,77-78H,4-6,9,12-13,15,18,21-22,24,28,31,34,37-39,41-53,55-56,58-61H2,1-3H3,(H,72,79)/b10-7-,11-8+,17-14+,19-16-,23-20+,27-25-,30-29-,33-32-,36-35-,40-26-,57-54+. The van der Waals surface area contributed by atoms with E-state index in [0.29, 0.717) is 12.8 Å². The molecule has 0 bridgehead atoms. The Hall–Kier alpha value is -4.20. The van der Waals surface area contributed by atoms with Gasteiger partial charge >= 0.3 is 5.97 Å². The third kappa shape index (κ3) is 44.3. The van der Waals surface area contributed by atoms with Gasteiger partial charge in [0, 0.05) is 6.42 Å². The summed E-state index contributed by atoms with van der Waals surface area (Å²) in [6, 6.07) is -1.05. The highest BCUT2D eigenvalue weighted by molar-refractivity contribution is 5.80. The molecule has 0 aromatic carbocycles. The van der Waals surface area contributed by atoms with Crippen LogP contribution in [0.4, 0.5) is 0 Å². The second-order valence-corrected chi connectivity index (χ2v) is 21.8. The van der Waals surface area contributed by atoms with Gasteiger partial charge in [-0.2, -0.15) is 0 Å². The fraction of sp³-hybridized carbons (Fsp3) is 0.662. The third-order valence-electron chi connectivity index (χ3n) is 14.4. The number of aliphatic hydroxyl groups excluding tert-OH is 5. The van der Waals surface area contributed by atoms with Gasteiger partial charge in [-0.05, 0) is 96.3 Å². The average Bonchev–Trinajstić information content (AvgIpc) is 3.48. The quantitative estimate of drug-likeness (QED) is 0.0149. The fourth-order valence-corrected chi connectivity index (χ4v) is 9.31. The van der Waals surface area contributed by atoms with Crippen LogP contribution >= 0.6 is 0 Å². The Morgan fingerprint density at radius 2 is 0.939 bits per heavy atom. The number of ether oxygens (including phenoxy) is 3. The molecule has 8 atom stereocenters. The Balaban J connectivity index is 2.61. The molecule has 0 spiro atoms. The van der Waals surface area contributed by atoms with Crippen molar-refractivity contribution in [3.8, 4) is 0 Å². The molecular weight excluding hydrogens is 1030 g/mol. The number of esters is 1. The molecule has 1 rings (SSSR count). The minimum atomic E-state index is -1.63. The molecule has 0 aliphatic carbocycles. The maximum absolute atomic E-state index is 13.4. The van der Waals surface area contributed by atoms with E-state index in [0.717, 1.165) is 128 Å². The van der Waals surface area contributed by atoms with Gasteiger partial charge in [-0.25, -0.2) is 0 Å². The molecule has 1 heterocycles. The molecule has 8 unspecified atom stereocenters. The molecule has 82 heavy (non-hydrogen) atoms. The van der Waals surface area contributed by atoms with E-state index in [9.17, 15) is 35.1 Å². The molecule has 11 nitrogen and oxygen atoms in total. The summed E-state index contributed by atoms with van der Waals surface area (Å²) in [6.45, 7) is 5.50.